The molecule has 0 bridgehead atoms. The SMILES string of the molecule is CCC(C(=O)Nc1cc(Cl)ccc1OC)N1C(=O)C(=O)c2cc(C)ccc21. The van der Waals surface area contributed by atoms with Crippen molar-refractivity contribution in [2.45, 2.75) is 26.3 Å². The highest BCUT2D eigenvalue weighted by Crippen LogP contribution is 2.33. The first-order chi connectivity index (χ1) is 12.9. The molecule has 0 fully saturated rings. The second kappa shape index (κ2) is 7.40. The van der Waals surface area contributed by atoms with Gasteiger partial charge in [-0.05, 0) is 43.7 Å². The predicted octanol–water partition coefficient (Wildman–Crippen LogP) is 3.60. The fourth-order valence-corrected chi connectivity index (χ4v) is 3.34. The van der Waals surface area contributed by atoms with Crippen LogP contribution in [0.1, 0.15) is 29.3 Å². The number of benzene rings is 2. The van der Waals surface area contributed by atoms with Gasteiger partial charge in [0.1, 0.15) is 11.8 Å². The third-order valence-electron chi connectivity index (χ3n) is 4.49. The zero-order chi connectivity index (χ0) is 19.7. The molecule has 0 aliphatic carbocycles. The van der Waals surface area contributed by atoms with Crippen molar-refractivity contribution < 1.29 is 19.1 Å². The molecule has 27 heavy (non-hydrogen) atoms. The molecule has 0 radical (unpaired) electrons. The average molecular weight is 387 g/mol. The zero-order valence-electron chi connectivity index (χ0n) is 15.2. The quantitative estimate of drug-likeness (QED) is 0.796. The van der Waals surface area contributed by atoms with E-state index < -0.39 is 23.6 Å². The summed E-state index contributed by atoms with van der Waals surface area (Å²) in [5, 5.41) is 3.19. The number of ketones is 1. The minimum absolute atomic E-state index is 0.326. The maximum Gasteiger partial charge on any atom is 0.300 e. The van der Waals surface area contributed by atoms with Gasteiger partial charge in [-0.2, -0.15) is 0 Å². The van der Waals surface area contributed by atoms with Gasteiger partial charge in [-0.15, -0.1) is 0 Å². The van der Waals surface area contributed by atoms with Gasteiger partial charge in [-0.25, -0.2) is 0 Å². The van der Waals surface area contributed by atoms with E-state index >= 15 is 0 Å². The van der Waals surface area contributed by atoms with Crippen molar-refractivity contribution >= 4 is 40.6 Å². The predicted molar refractivity (Wildman–Crippen MR) is 104 cm³/mol. The van der Waals surface area contributed by atoms with E-state index in [9.17, 15) is 14.4 Å². The number of carbonyl (C=O) groups excluding carboxylic acids is 3. The summed E-state index contributed by atoms with van der Waals surface area (Å²) in [6, 6.07) is 9.19. The Morgan fingerprint density at radius 2 is 1.96 bits per heavy atom. The summed E-state index contributed by atoms with van der Waals surface area (Å²) in [7, 11) is 1.48. The van der Waals surface area contributed by atoms with Crippen LogP contribution in [-0.2, 0) is 9.59 Å². The highest BCUT2D eigenvalue weighted by atomic mass is 35.5. The number of ether oxygens (including phenoxy) is 1. The standard InChI is InChI=1S/C20H19ClN2O4/c1-4-15(19(25)22-14-10-12(21)6-8-17(14)27-3)23-16-7-5-11(2)9-13(16)18(24)20(23)26/h5-10,15H,4H2,1-3H3,(H,22,25). The molecule has 1 aliphatic rings. The van der Waals surface area contributed by atoms with E-state index in [1.54, 1.807) is 37.3 Å². The molecule has 2 aromatic carbocycles. The average Bonchev–Trinajstić information content (AvgIpc) is 2.87. The summed E-state index contributed by atoms with van der Waals surface area (Å²) in [6.07, 6.45) is 0.334. The van der Waals surface area contributed by atoms with Crippen molar-refractivity contribution in [2.75, 3.05) is 17.3 Å². The van der Waals surface area contributed by atoms with Gasteiger partial charge in [0, 0.05) is 5.02 Å². The number of Topliss-reactive ketones (excluding diaryl/α,β-unsaturated/α-hetero) is 1. The molecule has 0 saturated carbocycles. The molecule has 0 saturated heterocycles. The van der Waals surface area contributed by atoms with Crippen LogP contribution in [0.15, 0.2) is 36.4 Å². The summed E-state index contributed by atoms with van der Waals surface area (Å²) < 4.78 is 5.24. The monoisotopic (exact) mass is 386 g/mol. The number of fused-ring (bicyclic) bond motifs is 1. The van der Waals surface area contributed by atoms with Crippen LogP contribution in [0, 0.1) is 6.92 Å². The number of methoxy groups -OCH3 is 1. The van der Waals surface area contributed by atoms with Gasteiger partial charge in [0.25, 0.3) is 11.7 Å². The minimum Gasteiger partial charge on any atom is -0.495 e. The van der Waals surface area contributed by atoms with Gasteiger partial charge in [0.2, 0.25) is 5.91 Å². The van der Waals surface area contributed by atoms with Crippen LogP contribution < -0.4 is 15.0 Å². The van der Waals surface area contributed by atoms with Gasteiger partial charge >= 0.3 is 0 Å². The molecule has 0 aromatic heterocycles. The van der Waals surface area contributed by atoms with Gasteiger partial charge in [-0.3, -0.25) is 19.3 Å². The minimum atomic E-state index is -0.839. The van der Waals surface area contributed by atoms with Gasteiger partial charge in [-0.1, -0.05) is 30.2 Å². The molecule has 1 unspecified atom stereocenters. The van der Waals surface area contributed by atoms with Crippen LogP contribution in [0.3, 0.4) is 0 Å². The third kappa shape index (κ3) is 3.40. The van der Waals surface area contributed by atoms with E-state index in [1.165, 1.54) is 12.0 Å². The second-order valence-electron chi connectivity index (χ2n) is 6.28. The second-order valence-corrected chi connectivity index (χ2v) is 6.72. The van der Waals surface area contributed by atoms with Crippen LogP contribution in [0.2, 0.25) is 5.02 Å². The van der Waals surface area contributed by atoms with E-state index in [0.29, 0.717) is 34.1 Å². The van der Waals surface area contributed by atoms with Crippen molar-refractivity contribution in [1.82, 2.24) is 0 Å². The molecule has 6 nitrogen and oxygen atoms in total. The number of hydrogen-bond acceptors (Lipinski definition) is 4. The van der Waals surface area contributed by atoms with Crippen molar-refractivity contribution in [2.24, 2.45) is 0 Å². The lowest BCUT2D eigenvalue weighted by atomic mass is 10.1. The van der Waals surface area contributed by atoms with Crippen LogP contribution in [0.5, 0.6) is 5.75 Å². The van der Waals surface area contributed by atoms with Crippen LogP contribution >= 0.6 is 11.6 Å². The largest absolute Gasteiger partial charge is 0.495 e. The molecule has 1 atom stereocenters. The zero-order valence-corrected chi connectivity index (χ0v) is 16.0. The Morgan fingerprint density at radius 1 is 1.22 bits per heavy atom. The summed E-state index contributed by atoms with van der Waals surface area (Å²) in [6.45, 7) is 3.62. The van der Waals surface area contributed by atoms with Gasteiger partial charge in [0.15, 0.2) is 0 Å². The number of nitrogens with one attached hydrogen (secondary N) is 1. The van der Waals surface area contributed by atoms with Crippen molar-refractivity contribution in [1.29, 1.82) is 0 Å². The van der Waals surface area contributed by atoms with E-state index in [4.69, 9.17) is 16.3 Å². The van der Waals surface area contributed by atoms with Crippen LogP contribution in [-0.4, -0.2) is 30.7 Å². The first-order valence-corrected chi connectivity index (χ1v) is 8.88. The van der Waals surface area contributed by atoms with Crippen molar-refractivity contribution in [3.8, 4) is 5.75 Å². The Labute approximate surface area is 162 Å². The number of halogens is 1. The molecule has 1 N–H and O–H groups in total. The third-order valence-corrected chi connectivity index (χ3v) is 4.72. The Morgan fingerprint density at radius 3 is 2.63 bits per heavy atom. The number of carbonyl (C=O) groups is 3. The van der Waals surface area contributed by atoms with Crippen LogP contribution in [0.4, 0.5) is 11.4 Å². The first kappa shape index (κ1) is 18.9. The summed E-state index contributed by atoms with van der Waals surface area (Å²) in [5.41, 5.74) is 2.05. The van der Waals surface area contributed by atoms with E-state index in [1.807, 2.05) is 13.0 Å². The van der Waals surface area contributed by atoms with Crippen LogP contribution in [0.25, 0.3) is 0 Å². The smallest absolute Gasteiger partial charge is 0.300 e. The number of amides is 2. The highest BCUT2D eigenvalue weighted by molar-refractivity contribution is 6.53. The molecule has 1 heterocycles. The Hall–Kier alpha value is -2.86. The normalized spacial score (nSPS) is 14.1. The molecule has 140 valence electrons. The highest BCUT2D eigenvalue weighted by Gasteiger charge is 2.41. The Bertz CT molecular complexity index is 942. The van der Waals surface area contributed by atoms with Gasteiger partial charge in [0.05, 0.1) is 24.0 Å². The molecule has 2 amide bonds. The fraction of sp³-hybridized carbons (Fsp3) is 0.250. The lowest BCUT2D eigenvalue weighted by Gasteiger charge is -2.26. The Balaban J connectivity index is 1.94. The summed E-state index contributed by atoms with van der Waals surface area (Å²) >= 11 is 6.01. The van der Waals surface area contributed by atoms with Crippen molar-refractivity contribution in [3.05, 3.63) is 52.5 Å². The number of nitrogens with zero attached hydrogens (tertiary/aromatic N) is 1. The molecule has 7 heteroatoms. The topological polar surface area (TPSA) is 75.7 Å². The van der Waals surface area contributed by atoms with E-state index in [-0.39, 0.29) is 0 Å². The fourth-order valence-electron chi connectivity index (χ4n) is 3.16. The molecular formula is C20H19ClN2O4. The number of rotatable bonds is 5. The number of anilines is 2. The number of hydrogen-bond donors (Lipinski definition) is 1. The Kier molecular flexibility index (Phi) is 5.19. The molecule has 1 aliphatic heterocycles. The lowest BCUT2D eigenvalue weighted by molar-refractivity contribution is -0.121. The lowest BCUT2D eigenvalue weighted by Crippen LogP contribution is -2.46. The molecule has 3 rings (SSSR count). The molecule has 0 spiro atoms. The first-order valence-electron chi connectivity index (χ1n) is 8.50. The summed E-state index contributed by atoms with van der Waals surface area (Å²) in [4.78, 5) is 39.1. The van der Waals surface area contributed by atoms with Gasteiger partial charge < -0.3 is 10.1 Å². The summed E-state index contributed by atoms with van der Waals surface area (Å²) in [5.74, 6) is -1.27. The number of aryl methyl sites for hydroxylation is 1. The molecular weight excluding hydrogens is 368 g/mol. The maximum absolute atomic E-state index is 12.9. The van der Waals surface area contributed by atoms with E-state index in [2.05, 4.69) is 5.32 Å². The van der Waals surface area contributed by atoms with E-state index in [0.717, 1.165) is 5.56 Å². The van der Waals surface area contributed by atoms with Crippen molar-refractivity contribution in [3.63, 3.8) is 0 Å². The maximum atomic E-state index is 12.9. The molecule has 2 aromatic rings.